The highest BCUT2D eigenvalue weighted by Crippen LogP contribution is 2.58. The average Bonchev–Trinajstić information content (AvgIpc) is 2.47. The van der Waals surface area contributed by atoms with Gasteiger partial charge in [0.15, 0.2) is 11.5 Å². The normalized spacial score (nSPS) is 14.2. The van der Waals surface area contributed by atoms with Gasteiger partial charge in [0.2, 0.25) is 0 Å². The third kappa shape index (κ3) is 4.08. The van der Waals surface area contributed by atoms with E-state index < -0.39 is 13.1 Å². The van der Waals surface area contributed by atoms with Crippen LogP contribution in [0.25, 0.3) is 0 Å². The summed E-state index contributed by atoms with van der Waals surface area (Å²) in [5, 5.41) is 0. The third-order valence-corrected chi connectivity index (χ3v) is 5.16. The molecule has 0 radical (unpaired) electrons. The van der Waals surface area contributed by atoms with Crippen LogP contribution in [-0.2, 0) is 13.6 Å². The topological polar surface area (TPSA) is 97.1 Å². The second-order valence-corrected chi connectivity index (χ2v) is 6.92. The lowest BCUT2D eigenvalue weighted by Crippen LogP contribution is -2.43. The molecule has 2 N–H and O–H groups in total. The fraction of sp³-hybridized carbons (Fsp3) is 0.500. The van der Waals surface area contributed by atoms with E-state index in [1.165, 1.54) is 32.2 Å². The molecule has 8 heteroatoms. The molecule has 1 atom stereocenters. The van der Waals surface area contributed by atoms with Gasteiger partial charge in [-0.05, 0) is 32.0 Å². The Morgan fingerprint density at radius 1 is 1.23 bits per heavy atom. The standard InChI is InChI=1S/C14H22NO6P/c1-5-19-22(17,20-6-2)14(3,15)21-12-8-7-11(10-16)9-13(12)18-4/h7-10H,5-6,15H2,1-4H3/t14-/m0/s1. The molecule has 22 heavy (non-hydrogen) atoms. The van der Waals surface area contributed by atoms with Gasteiger partial charge in [0.1, 0.15) is 6.29 Å². The minimum absolute atomic E-state index is 0.161. The van der Waals surface area contributed by atoms with Crippen LogP contribution in [0.2, 0.25) is 0 Å². The first-order valence-electron chi connectivity index (χ1n) is 6.83. The van der Waals surface area contributed by atoms with Gasteiger partial charge in [-0.3, -0.25) is 15.1 Å². The van der Waals surface area contributed by atoms with E-state index in [2.05, 4.69) is 0 Å². The number of carbonyl (C=O) groups excluding carboxylic acids is 1. The van der Waals surface area contributed by atoms with Crippen LogP contribution in [0.5, 0.6) is 11.5 Å². The van der Waals surface area contributed by atoms with Gasteiger partial charge in [-0.15, -0.1) is 0 Å². The van der Waals surface area contributed by atoms with Crippen molar-refractivity contribution in [3.63, 3.8) is 0 Å². The Bertz CT molecular complexity index is 550. The van der Waals surface area contributed by atoms with Crippen molar-refractivity contribution in [2.45, 2.75) is 26.2 Å². The van der Waals surface area contributed by atoms with Gasteiger partial charge in [-0.1, -0.05) is 0 Å². The van der Waals surface area contributed by atoms with E-state index >= 15 is 0 Å². The molecule has 0 aromatic heterocycles. The van der Waals surface area contributed by atoms with Crippen molar-refractivity contribution < 1.29 is 27.9 Å². The Labute approximate surface area is 130 Å². The van der Waals surface area contributed by atoms with Gasteiger partial charge >= 0.3 is 7.60 Å². The first kappa shape index (κ1) is 18.6. The molecule has 1 rings (SSSR count). The molecule has 0 saturated carbocycles. The Hall–Kier alpha value is -1.40. The molecule has 1 aromatic rings. The molecule has 1 aromatic carbocycles. The van der Waals surface area contributed by atoms with E-state index in [1.54, 1.807) is 13.8 Å². The highest BCUT2D eigenvalue weighted by molar-refractivity contribution is 7.55. The molecule has 0 saturated heterocycles. The van der Waals surface area contributed by atoms with Crippen molar-refractivity contribution in [1.82, 2.24) is 0 Å². The molecular formula is C14H22NO6P. The molecule has 0 bridgehead atoms. The SMILES string of the molecule is CCOP(=O)(OCC)[C@@](C)(N)Oc1ccc(C=O)cc1OC. The number of methoxy groups -OCH3 is 1. The van der Waals surface area contributed by atoms with Crippen LogP contribution in [0, 0.1) is 0 Å². The summed E-state index contributed by atoms with van der Waals surface area (Å²) >= 11 is 0. The van der Waals surface area contributed by atoms with Crippen molar-refractivity contribution in [1.29, 1.82) is 0 Å². The van der Waals surface area contributed by atoms with Crippen molar-refractivity contribution in [3.05, 3.63) is 23.8 Å². The predicted molar refractivity (Wildman–Crippen MR) is 82.5 cm³/mol. The summed E-state index contributed by atoms with van der Waals surface area (Å²) in [7, 11) is -2.28. The zero-order valence-electron chi connectivity index (χ0n) is 13.2. The fourth-order valence-corrected chi connectivity index (χ4v) is 3.23. The van der Waals surface area contributed by atoms with Crippen LogP contribution >= 0.6 is 7.60 Å². The minimum atomic E-state index is -3.71. The molecule has 0 aliphatic heterocycles. The number of benzene rings is 1. The van der Waals surface area contributed by atoms with Crippen molar-refractivity contribution >= 4 is 13.9 Å². The molecule has 0 heterocycles. The van der Waals surface area contributed by atoms with E-state index in [0.717, 1.165) is 0 Å². The van der Waals surface area contributed by atoms with E-state index in [-0.39, 0.29) is 19.0 Å². The Kier molecular flexibility index (Phi) is 6.56. The Morgan fingerprint density at radius 3 is 2.27 bits per heavy atom. The molecule has 0 amide bonds. The van der Waals surface area contributed by atoms with Gasteiger partial charge in [0, 0.05) is 12.5 Å². The lowest BCUT2D eigenvalue weighted by Gasteiger charge is -2.32. The van der Waals surface area contributed by atoms with Crippen molar-refractivity contribution in [3.8, 4) is 11.5 Å². The first-order valence-corrected chi connectivity index (χ1v) is 8.38. The summed E-state index contributed by atoms with van der Waals surface area (Å²) in [6, 6.07) is 4.54. The molecule has 0 fully saturated rings. The summed E-state index contributed by atoms with van der Waals surface area (Å²) in [5.41, 5.74) is 4.74. The van der Waals surface area contributed by atoms with Crippen LogP contribution in [0.4, 0.5) is 0 Å². The number of carbonyl (C=O) groups is 1. The van der Waals surface area contributed by atoms with Gasteiger partial charge in [-0.25, -0.2) is 0 Å². The second-order valence-electron chi connectivity index (χ2n) is 4.52. The van der Waals surface area contributed by atoms with Gasteiger partial charge in [0.25, 0.3) is 5.47 Å². The smallest absolute Gasteiger partial charge is 0.388 e. The van der Waals surface area contributed by atoms with Crippen LogP contribution in [0.3, 0.4) is 0 Å². The molecule has 7 nitrogen and oxygen atoms in total. The Morgan fingerprint density at radius 2 is 1.82 bits per heavy atom. The zero-order chi connectivity index (χ0) is 16.8. The number of nitrogens with two attached hydrogens (primary N) is 1. The number of hydrogen-bond donors (Lipinski definition) is 1. The van der Waals surface area contributed by atoms with Gasteiger partial charge in [-0.2, -0.15) is 0 Å². The number of ether oxygens (including phenoxy) is 2. The lowest BCUT2D eigenvalue weighted by molar-refractivity contribution is 0.103. The zero-order valence-corrected chi connectivity index (χ0v) is 14.1. The van der Waals surface area contributed by atoms with Crippen LogP contribution in [0.15, 0.2) is 18.2 Å². The van der Waals surface area contributed by atoms with Crippen LogP contribution in [0.1, 0.15) is 31.1 Å². The van der Waals surface area contributed by atoms with Gasteiger partial charge < -0.3 is 18.5 Å². The summed E-state index contributed by atoms with van der Waals surface area (Å²) < 4.78 is 34.0. The number of rotatable bonds is 9. The van der Waals surface area contributed by atoms with E-state index in [1.807, 2.05) is 0 Å². The number of hydrogen-bond acceptors (Lipinski definition) is 7. The summed E-state index contributed by atoms with van der Waals surface area (Å²) in [4.78, 5) is 10.8. The van der Waals surface area contributed by atoms with E-state index in [0.29, 0.717) is 17.6 Å². The molecule has 0 unspecified atom stereocenters. The predicted octanol–water partition coefficient (Wildman–Crippen LogP) is 2.79. The maximum atomic E-state index is 12.8. The maximum Gasteiger partial charge on any atom is 0.388 e. The van der Waals surface area contributed by atoms with E-state index in [4.69, 9.17) is 24.3 Å². The summed E-state index contributed by atoms with van der Waals surface area (Å²) in [6.07, 6.45) is 0.680. The summed E-state index contributed by atoms with van der Waals surface area (Å²) in [6.45, 7) is 5.10. The maximum absolute atomic E-state index is 12.8. The fourth-order valence-electron chi connectivity index (χ4n) is 1.75. The van der Waals surface area contributed by atoms with Crippen molar-refractivity contribution in [2.24, 2.45) is 5.73 Å². The summed E-state index contributed by atoms with van der Waals surface area (Å²) in [5.74, 6) is 0.526. The minimum Gasteiger partial charge on any atom is -0.493 e. The van der Waals surface area contributed by atoms with Gasteiger partial charge in [0.05, 0.1) is 20.3 Å². The number of aldehydes is 1. The molecule has 0 aliphatic rings. The first-order chi connectivity index (χ1) is 10.3. The Balaban J connectivity index is 3.14. The molecule has 124 valence electrons. The van der Waals surface area contributed by atoms with E-state index in [9.17, 15) is 9.36 Å². The average molecular weight is 331 g/mol. The lowest BCUT2D eigenvalue weighted by atomic mass is 10.2. The highest BCUT2D eigenvalue weighted by atomic mass is 31.2. The molecule has 0 aliphatic carbocycles. The highest BCUT2D eigenvalue weighted by Gasteiger charge is 2.47. The third-order valence-electron chi connectivity index (χ3n) is 2.78. The van der Waals surface area contributed by atoms with Crippen LogP contribution < -0.4 is 15.2 Å². The second kappa shape index (κ2) is 7.74. The monoisotopic (exact) mass is 331 g/mol. The van der Waals surface area contributed by atoms with Crippen molar-refractivity contribution in [2.75, 3.05) is 20.3 Å². The quantitative estimate of drug-likeness (QED) is 0.422. The molecular weight excluding hydrogens is 309 g/mol. The van der Waals surface area contributed by atoms with Crippen LogP contribution in [-0.4, -0.2) is 32.1 Å². The molecule has 0 spiro atoms. The largest absolute Gasteiger partial charge is 0.493 e.